The third-order valence-electron chi connectivity index (χ3n) is 4.86. The minimum Gasteiger partial charge on any atom is -0.388 e. The van der Waals surface area contributed by atoms with E-state index in [2.05, 4.69) is 20.9 Å². The molecule has 0 spiro atoms. The molecule has 3 aromatic rings. The Hall–Kier alpha value is -3.59. The van der Waals surface area contributed by atoms with Crippen LogP contribution in [0.25, 0.3) is 10.6 Å². The molecule has 1 aromatic heterocycles. The van der Waals surface area contributed by atoms with E-state index in [1.54, 1.807) is 23.5 Å². The molecule has 7 nitrogen and oxygen atoms in total. The number of rotatable bonds is 6. The molecule has 0 saturated heterocycles. The Bertz CT molecular complexity index is 1090. The van der Waals surface area contributed by atoms with Crippen molar-refractivity contribution in [2.24, 2.45) is 0 Å². The van der Waals surface area contributed by atoms with Crippen LogP contribution in [0.2, 0.25) is 0 Å². The number of hydrogen-bond donors (Lipinski definition) is 3. The lowest BCUT2D eigenvalue weighted by molar-refractivity contribution is -0.131. The van der Waals surface area contributed by atoms with Gasteiger partial charge >= 0.3 is 0 Å². The van der Waals surface area contributed by atoms with Crippen molar-refractivity contribution in [2.75, 3.05) is 17.7 Å². The Balaban J connectivity index is 0.000000266. The second kappa shape index (κ2) is 13.8. The van der Waals surface area contributed by atoms with Gasteiger partial charge in [-0.15, -0.1) is 11.3 Å². The van der Waals surface area contributed by atoms with Crippen molar-refractivity contribution >= 4 is 41.3 Å². The first kappa shape index (κ1) is 26.7. The predicted molar refractivity (Wildman–Crippen MR) is 135 cm³/mol. The smallest absolute Gasteiger partial charge is 0.284 e. The highest BCUT2D eigenvalue weighted by Gasteiger charge is 2.24. The number of aromatic nitrogens is 1. The molecule has 2 amide bonds. The first-order chi connectivity index (χ1) is 16.5. The molecule has 2 aromatic carbocycles. The molecule has 0 aliphatic heterocycles. The summed E-state index contributed by atoms with van der Waals surface area (Å²) in [6.45, 7) is 4.00. The number of carbonyl (C=O) groups is 3. The number of carbonyl (C=O) groups excluding carboxylic acids is 3. The molecule has 9 heteroatoms. The highest BCUT2D eigenvalue weighted by Crippen LogP contribution is 2.32. The Labute approximate surface area is 202 Å². The Morgan fingerprint density at radius 1 is 1.12 bits per heavy atom. The fourth-order valence-corrected chi connectivity index (χ4v) is 4.48. The van der Waals surface area contributed by atoms with Crippen LogP contribution in [-0.2, 0) is 27.2 Å². The van der Waals surface area contributed by atoms with Gasteiger partial charge in [-0.3, -0.25) is 14.4 Å². The first-order valence-electron chi connectivity index (χ1n) is 11.0. The van der Waals surface area contributed by atoms with Crippen LogP contribution in [0, 0.1) is 5.82 Å². The van der Waals surface area contributed by atoms with Crippen molar-refractivity contribution < 1.29 is 18.8 Å². The van der Waals surface area contributed by atoms with Gasteiger partial charge in [-0.05, 0) is 55.3 Å². The van der Waals surface area contributed by atoms with E-state index in [0.717, 1.165) is 45.4 Å². The van der Waals surface area contributed by atoms with Crippen LogP contribution >= 0.6 is 11.3 Å². The molecule has 1 heterocycles. The topological polar surface area (TPSA) is 100 Å². The number of amides is 2. The van der Waals surface area contributed by atoms with E-state index in [-0.39, 0.29) is 11.9 Å². The average molecular weight is 485 g/mol. The zero-order valence-electron chi connectivity index (χ0n) is 19.4. The van der Waals surface area contributed by atoms with Crippen molar-refractivity contribution in [3.05, 3.63) is 64.9 Å². The molecule has 34 heavy (non-hydrogen) atoms. The molecule has 0 unspecified atom stereocenters. The maximum Gasteiger partial charge on any atom is 0.284 e. The fourth-order valence-electron chi connectivity index (χ4n) is 3.28. The van der Waals surface area contributed by atoms with Crippen molar-refractivity contribution in [1.82, 2.24) is 10.3 Å². The van der Waals surface area contributed by atoms with Gasteiger partial charge in [0.1, 0.15) is 10.8 Å². The number of halogens is 1. The van der Waals surface area contributed by atoms with Gasteiger partial charge in [0.15, 0.2) is 0 Å². The number of anilines is 2. The molecule has 1 atom stereocenters. The van der Waals surface area contributed by atoms with Crippen LogP contribution < -0.4 is 16.0 Å². The predicted octanol–water partition coefficient (Wildman–Crippen LogP) is 4.44. The summed E-state index contributed by atoms with van der Waals surface area (Å²) in [5, 5.41) is 9.08. The molecule has 0 bridgehead atoms. The van der Waals surface area contributed by atoms with Gasteiger partial charge in [0.25, 0.3) is 5.91 Å². The summed E-state index contributed by atoms with van der Waals surface area (Å²) < 4.78 is 12.9. The normalized spacial score (nSPS) is 13.6. The van der Waals surface area contributed by atoms with Crippen molar-refractivity contribution in [2.45, 2.75) is 39.2 Å². The van der Waals surface area contributed by atoms with Gasteiger partial charge in [0.05, 0.1) is 5.69 Å². The molecule has 0 saturated carbocycles. The lowest BCUT2D eigenvalue weighted by Crippen LogP contribution is -2.39. The Morgan fingerprint density at radius 3 is 2.47 bits per heavy atom. The summed E-state index contributed by atoms with van der Waals surface area (Å²) in [7, 11) is 1.83. The minimum atomic E-state index is -0.577. The summed E-state index contributed by atoms with van der Waals surface area (Å²) >= 11 is 1.56. The second-order valence-corrected chi connectivity index (χ2v) is 8.14. The zero-order chi connectivity index (χ0) is 24.9. The largest absolute Gasteiger partial charge is 0.388 e. The van der Waals surface area contributed by atoms with E-state index in [4.69, 9.17) is 0 Å². The number of hydrogen-bond acceptors (Lipinski definition) is 6. The SMILES string of the molecule is CC.CNc1cccc(NC=O)c1.O=CC(=O)N[C@H]1CCc2nc(-c3ccc(F)cc3)sc2C1. The van der Waals surface area contributed by atoms with Gasteiger partial charge in [-0.1, -0.05) is 19.9 Å². The number of thiazole rings is 1. The molecular weight excluding hydrogens is 455 g/mol. The lowest BCUT2D eigenvalue weighted by Gasteiger charge is -2.21. The molecule has 4 rings (SSSR count). The summed E-state index contributed by atoms with van der Waals surface area (Å²) in [5.41, 5.74) is 3.71. The maximum absolute atomic E-state index is 12.9. The van der Waals surface area contributed by atoms with Crippen molar-refractivity contribution in [3.8, 4) is 10.6 Å². The fraction of sp³-hybridized carbons (Fsp3) is 0.280. The van der Waals surface area contributed by atoms with E-state index in [1.165, 1.54) is 12.1 Å². The number of aryl methyl sites for hydroxylation is 1. The number of nitrogens with zero attached hydrogens (tertiary/aromatic N) is 1. The maximum atomic E-state index is 12.9. The number of nitrogens with one attached hydrogen (secondary N) is 3. The standard InChI is InChI=1S/C15H13FN2O2S.C8H10N2O.C2H6/c16-10-3-1-9(2-4-10)15-18-12-6-5-11(7-13(12)21-15)17-14(20)8-19;1-9-7-3-2-4-8(5-7)10-6-11;1-2/h1-4,8,11H,5-7H2,(H,17,20);2-6,9H,1H3,(H,10,11);1-2H3/t11-;;/m0../s1. The molecule has 3 N–H and O–H groups in total. The first-order valence-corrected chi connectivity index (χ1v) is 11.8. The van der Waals surface area contributed by atoms with Crippen molar-refractivity contribution in [3.63, 3.8) is 0 Å². The highest BCUT2D eigenvalue weighted by molar-refractivity contribution is 7.15. The van der Waals surface area contributed by atoms with Crippen LogP contribution in [0.3, 0.4) is 0 Å². The number of aldehydes is 1. The summed E-state index contributed by atoms with van der Waals surface area (Å²) in [6.07, 6.45) is 3.20. The van der Waals surface area contributed by atoms with Gasteiger partial charge in [-0.25, -0.2) is 9.37 Å². The highest BCUT2D eigenvalue weighted by atomic mass is 32.1. The van der Waals surface area contributed by atoms with Crippen molar-refractivity contribution in [1.29, 1.82) is 0 Å². The quantitative estimate of drug-likeness (QED) is 0.355. The molecular formula is C25H29FN4O3S. The van der Waals surface area contributed by atoms with E-state index in [0.29, 0.717) is 19.1 Å². The van der Waals surface area contributed by atoms with Gasteiger partial charge in [0.2, 0.25) is 12.7 Å². The van der Waals surface area contributed by atoms with Gasteiger partial charge in [-0.2, -0.15) is 0 Å². The average Bonchev–Trinajstić information content (AvgIpc) is 3.30. The minimum absolute atomic E-state index is 0.0169. The van der Waals surface area contributed by atoms with E-state index < -0.39 is 5.91 Å². The van der Waals surface area contributed by atoms with Crippen LogP contribution in [0.1, 0.15) is 30.8 Å². The van der Waals surface area contributed by atoms with E-state index >= 15 is 0 Å². The summed E-state index contributed by atoms with van der Waals surface area (Å²) in [5.74, 6) is -0.844. The Kier molecular flexibility index (Phi) is 10.9. The van der Waals surface area contributed by atoms with E-state index in [1.807, 2.05) is 45.2 Å². The van der Waals surface area contributed by atoms with Crippen LogP contribution in [0.5, 0.6) is 0 Å². The third-order valence-corrected chi connectivity index (χ3v) is 6.03. The van der Waals surface area contributed by atoms with E-state index in [9.17, 15) is 18.8 Å². The molecule has 0 radical (unpaired) electrons. The monoisotopic (exact) mass is 484 g/mol. The van der Waals surface area contributed by atoms with Gasteiger partial charge < -0.3 is 16.0 Å². The van der Waals surface area contributed by atoms with Crippen LogP contribution in [0.4, 0.5) is 15.8 Å². The zero-order valence-corrected chi connectivity index (χ0v) is 20.2. The number of fused-ring (bicyclic) bond motifs is 1. The second-order valence-electron chi connectivity index (χ2n) is 7.05. The number of benzene rings is 2. The lowest BCUT2D eigenvalue weighted by atomic mass is 9.97. The molecule has 0 fully saturated rings. The Morgan fingerprint density at radius 2 is 1.82 bits per heavy atom. The summed E-state index contributed by atoms with van der Waals surface area (Å²) in [4.78, 5) is 37.3. The van der Waals surface area contributed by atoms with Crippen LogP contribution in [0.15, 0.2) is 48.5 Å². The molecule has 180 valence electrons. The van der Waals surface area contributed by atoms with Crippen LogP contribution in [-0.4, -0.2) is 36.7 Å². The van der Waals surface area contributed by atoms with Gasteiger partial charge in [0, 0.05) is 41.3 Å². The molecule has 1 aliphatic rings. The third kappa shape index (κ3) is 7.77. The summed E-state index contributed by atoms with van der Waals surface area (Å²) in [6, 6.07) is 13.7. The molecule has 1 aliphatic carbocycles.